The van der Waals surface area contributed by atoms with E-state index in [9.17, 15) is 33.9 Å². The van der Waals surface area contributed by atoms with Crippen LogP contribution in [0, 0.1) is 5.92 Å². The number of amides is 5. The van der Waals surface area contributed by atoms with Gasteiger partial charge in [0.05, 0.1) is 19.3 Å². The molecule has 0 heterocycles. The molecule has 5 atom stereocenters. The first-order valence-corrected chi connectivity index (χ1v) is 12.5. The fourth-order valence-electron chi connectivity index (χ4n) is 3.32. The summed E-state index contributed by atoms with van der Waals surface area (Å²) in [4.78, 5) is 73.0. The minimum Gasteiger partial charge on any atom is -0.394 e. The largest absolute Gasteiger partial charge is 0.394 e. The Morgan fingerprint density at radius 2 is 1.34 bits per heavy atom. The fraction of sp³-hybridized carbons (Fsp3) is 0.739. The predicted octanol–water partition coefficient (Wildman–Crippen LogP) is -4.12. The summed E-state index contributed by atoms with van der Waals surface area (Å²) in [5, 5.41) is 28.3. The Morgan fingerprint density at radius 1 is 0.789 bits per heavy atom. The summed E-state index contributed by atoms with van der Waals surface area (Å²) in [6.07, 6.45) is 1.69. The van der Waals surface area contributed by atoms with E-state index in [0.29, 0.717) is 25.7 Å². The summed E-state index contributed by atoms with van der Waals surface area (Å²) in [5.74, 6) is -3.78. The van der Waals surface area contributed by atoms with Crippen molar-refractivity contribution in [2.75, 3.05) is 19.8 Å². The van der Waals surface area contributed by atoms with E-state index >= 15 is 0 Å². The molecular weight excluding hydrogens is 502 g/mol. The third kappa shape index (κ3) is 14.0. The molecule has 15 nitrogen and oxygen atoms in total. The van der Waals surface area contributed by atoms with Crippen molar-refractivity contribution in [3.05, 3.63) is 0 Å². The van der Waals surface area contributed by atoms with Crippen LogP contribution < -0.4 is 38.5 Å². The molecule has 0 aromatic carbocycles. The molecule has 5 amide bonds. The first-order valence-electron chi connectivity index (χ1n) is 12.5. The number of aliphatic hydroxyl groups is 2. The van der Waals surface area contributed by atoms with E-state index in [4.69, 9.17) is 22.3 Å². The molecule has 0 spiro atoms. The van der Waals surface area contributed by atoms with E-state index in [-0.39, 0.29) is 31.6 Å². The van der Waals surface area contributed by atoms with E-state index < -0.39 is 73.0 Å². The lowest BCUT2D eigenvalue weighted by Gasteiger charge is -2.26. The zero-order valence-corrected chi connectivity index (χ0v) is 22.0. The van der Waals surface area contributed by atoms with Crippen molar-refractivity contribution >= 4 is 35.8 Å². The van der Waals surface area contributed by atoms with Crippen molar-refractivity contribution in [3.8, 4) is 0 Å². The Hall–Kier alpha value is -3.14. The van der Waals surface area contributed by atoms with Crippen molar-refractivity contribution in [2.45, 2.75) is 82.6 Å². The van der Waals surface area contributed by atoms with Crippen LogP contribution in [0.5, 0.6) is 0 Å². The Morgan fingerprint density at radius 3 is 1.84 bits per heavy atom. The van der Waals surface area contributed by atoms with Crippen molar-refractivity contribution in [1.82, 2.24) is 21.3 Å². The van der Waals surface area contributed by atoms with Crippen LogP contribution in [-0.2, 0) is 28.8 Å². The predicted molar refractivity (Wildman–Crippen MR) is 137 cm³/mol. The third-order valence-electron chi connectivity index (χ3n) is 5.46. The Balaban J connectivity index is 5.60. The number of aliphatic hydroxyl groups excluding tert-OH is 2. The van der Waals surface area contributed by atoms with Crippen LogP contribution in [0.4, 0.5) is 0 Å². The van der Waals surface area contributed by atoms with Gasteiger partial charge in [-0.1, -0.05) is 13.8 Å². The van der Waals surface area contributed by atoms with Crippen molar-refractivity contribution in [3.63, 3.8) is 0 Å². The second-order valence-corrected chi connectivity index (χ2v) is 9.33. The number of hydrogen-bond donors (Lipinski definition) is 9. The molecule has 0 aromatic rings. The van der Waals surface area contributed by atoms with Crippen molar-refractivity contribution in [1.29, 1.82) is 0 Å². The molecule has 0 fully saturated rings. The normalized spacial score (nSPS) is 14.9. The molecule has 0 radical (unpaired) electrons. The summed E-state index contributed by atoms with van der Waals surface area (Å²) in [6, 6.07) is -5.96. The quantitative estimate of drug-likeness (QED) is 0.0526. The van der Waals surface area contributed by atoms with Crippen LogP contribution in [0.2, 0.25) is 0 Å². The number of hydrogen-bond acceptors (Lipinski definition) is 10. The van der Waals surface area contributed by atoms with Crippen LogP contribution in [-0.4, -0.2) is 96.0 Å². The van der Waals surface area contributed by atoms with Gasteiger partial charge in [-0.25, -0.2) is 0 Å². The van der Waals surface area contributed by atoms with Crippen LogP contribution in [0.25, 0.3) is 0 Å². The zero-order chi connectivity index (χ0) is 29.3. The van der Waals surface area contributed by atoms with E-state index in [1.165, 1.54) is 0 Å². The highest BCUT2D eigenvalue weighted by Gasteiger charge is 2.31. The lowest BCUT2D eigenvalue weighted by molar-refractivity contribution is -0.135. The van der Waals surface area contributed by atoms with Gasteiger partial charge in [0.15, 0.2) is 0 Å². The highest BCUT2D eigenvalue weighted by molar-refractivity contribution is 5.95. The Kier molecular flexibility index (Phi) is 17.4. The van der Waals surface area contributed by atoms with Gasteiger partial charge in [-0.15, -0.1) is 0 Å². The summed E-state index contributed by atoms with van der Waals surface area (Å²) in [5.41, 5.74) is 16.0. The minimum absolute atomic E-state index is 0.00109. The second kappa shape index (κ2) is 19.0. The number of unbranched alkanes of at least 4 members (excludes halogenated alkanes) is 1. The van der Waals surface area contributed by atoms with E-state index in [1.807, 2.05) is 13.8 Å². The maximum Gasteiger partial charge on any atom is 0.245 e. The lowest BCUT2D eigenvalue weighted by atomic mass is 10.0. The number of rotatable bonds is 20. The number of nitrogens with two attached hydrogens (primary N) is 3. The van der Waals surface area contributed by atoms with Gasteiger partial charge in [-0.3, -0.25) is 24.0 Å². The molecule has 0 bridgehead atoms. The molecule has 38 heavy (non-hydrogen) atoms. The van der Waals surface area contributed by atoms with Gasteiger partial charge in [0.2, 0.25) is 29.5 Å². The lowest BCUT2D eigenvalue weighted by Crippen LogP contribution is -2.59. The molecule has 0 saturated carbocycles. The number of primary amides is 1. The van der Waals surface area contributed by atoms with E-state index in [0.717, 1.165) is 0 Å². The summed E-state index contributed by atoms with van der Waals surface area (Å²) in [7, 11) is 0. The van der Waals surface area contributed by atoms with Gasteiger partial charge in [-0.05, 0) is 44.6 Å². The molecule has 218 valence electrons. The molecule has 15 heteroatoms. The minimum atomic E-state index is -1.45. The summed E-state index contributed by atoms with van der Waals surface area (Å²) >= 11 is 0. The first kappa shape index (κ1) is 34.9. The van der Waals surface area contributed by atoms with Crippen LogP contribution in [0.15, 0.2) is 0 Å². The van der Waals surface area contributed by atoms with Gasteiger partial charge >= 0.3 is 0 Å². The number of nitrogens with one attached hydrogen (secondary N) is 4. The van der Waals surface area contributed by atoms with Gasteiger partial charge in [0.25, 0.3) is 0 Å². The number of aldehydes is 1. The van der Waals surface area contributed by atoms with Crippen LogP contribution in [0.3, 0.4) is 0 Å². The molecule has 0 aliphatic rings. The molecule has 0 aromatic heterocycles. The Bertz CT molecular complexity index is 796. The molecule has 0 saturated heterocycles. The molecule has 0 aliphatic heterocycles. The first-order chi connectivity index (χ1) is 17.9. The fourth-order valence-corrected chi connectivity index (χ4v) is 3.32. The molecule has 0 rings (SSSR count). The van der Waals surface area contributed by atoms with Crippen molar-refractivity contribution < 1.29 is 39.0 Å². The van der Waals surface area contributed by atoms with Gasteiger partial charge in [0.1, 0.15) is 30.5 Å². The molecule has 0 aliphatic carbocycles. The number of carbonyl (C=O) groups excluding carboxylic acids is 6. The van der Waals surface area contributed by atoms with E-state index in [1.54, 1.807) is 0 Å². The smallest absolute Gasteiger partial charge is 0.245 e. The maximum atomic E-state index is 13.2. The number of carbonyl (C=O) groups is 6. The standard InChI is InChI=1S/C23H43N7O8/c1-13(2)9-17(22(37)27-14(10-31)6-7-19(26)34)29-21(36)16(5-3-4-8-24)28-23(38)18(12-33)30-20(35)15(25)11-32/h10,13-18,32-33H,3-9,11-12,24-25H2,1-2H3,(H2,26,34)(H,27,37)(H,28,38)(H,29,36)(H,30,35)/t14-,15-,16-,17-,18-/m0/s1. The summed E-state index contributed by atoms with van der Waals surface area (Å²) < 4.78 is 0. The summed E-state index contributed by atoms with van der Waals surface area (Å²) in [6.45, 7) is 2.51. The average Bonchev–Trinajstić information content (AvgIpc) is 2.87. The van der Waals surface area contributed by atoms with Gasteiger partial charge in [0, 0.05) is 6.42 Å². The molecular formula is C23H43N7O8. The van der Waals surface area contributed by atoms with Gasteiger partial charge < -0.3 is 53.5 Å². The van der Waals surface area contributed by atoms with Crippen molar-refractivity contribution in [2.24, 2.45) is 23.1 Å². The third-order valence-corrected chi connectivity index (χ3v) is 5.46. The molecule has 12 N–H and O–H groups in total. The van der Waals surface area contributed by atoms with Crippen LogP contribution >= 0.6 is 0 Å². The zero-order valence-electron chi connectivity index (χ0n) is 22.0. The highest BCUT2D eigenvalue weighted by atomic mass is 16.3. The monoisotopic (exact) mass is 545 g/mol. The topological polar surface area (TPSA) is 269 Å². The molecule has 0 unspecified atom stereocenters. The van der Waals surface area contributed by atoms with Crippen LogP contribution in [0.1, 0.15) is 52.4 Å². The van der Waals surface area contributed by atoms with Gasteiger partial charge in [-0.2, -0.15) is 0 Å². The highest BCUT2D eigenvalue weighted by Crippen LogP contribution is 2.09. The Labute approximate surface area is 222 Å². The SMILES string of the molecule is CC(C)C[C@H](NC(=O)[C@H](CCCCN)NC(=O)[C@H](CO)NC(=O)[C@@H](N)CO)C(=O)N[C@H](C=O)CCC(N)=O. The van der Waals surface area contributed by atoms with E-state index in [2.05, 4.69) is 21.3 Å². The maximum absolute atomic E-state index is 13.2. The average molecular weight is 546 g/mol. The second-order valence-electron chi connectivity index (χ2n) is 9.33.